The van der Waals surface area contributed by atoms with Crippen LogP contribution in [0.4, 0.5) is 4.79 Å². The van der Waals surface area contributed by atoms with E-state index in [0.29, 0.717) is 32.7 Å². The third kappa shape index (κ3) is 6.87. The molecule has 0 saturated carbocycles. The molecule has 0 spiro atoms. The zero-order valence-corrected chi connectivity index (χ0v) is 17.3. The van der Waals surface area contributed by atoms with Gasteiger partial charge in [-0.15, -0.1) is 0 Å². The van der Waals surface area contributed by atoms with E-state index in [9.17, 15) is 14.4 Å². The fraction of sp³-hybridized carbons (Fsp3) is 0.571. The van der Waals surface area contributed by atoms with Gasteiger partial charge in [-0.1, -0.05) is 24.3 Å². The molecule has 1 fully saturated rings. The first-order chi connectivity index (χ1) is 13.2. The van der Waals surface area contributed by atoms with Crippen LogP contribution in [0.15, 0.2) is 24.3 Å². The number of carbonyl (C=O) groups excluding carboxylic acids is 3. The van der Waals surface area contributed by atoms with Crippen LogP contribution < -0.4 is 5.32 Å². The van der Waals surface area contributed by atoms with Gasteiger partial charge in [0.2, 0.25) is 11.8 Å². The van der Waals surface area contributed by atoms with Gasteiger partial charge in [0.25, 0.3) is 0 Å². The summed E-state index contributed by atoms with van der Waals surface area (Å²) in [5, 5.41) is 2.86. The van der Waals surface area contributed by atoms with Crippen LogP contribution in [0.25, 0.3) is 0 Å². The van der Waals surface area contributed by atoms with Gasteiger partial charge in [-0.05, 0) is 38.8 Å². The molecule has 1 aliphatic rings. The maximum atomic E-state index is 12.3. The molecule has 0 atom stereocenters. The Labute approximate surface area is 167 Å². The molecule has 1 aromatic rings. The van der Waals surface area contributed by atoms with Crippen molar-refractivity contribution in [2.75, 3.05) is 26.2 Å². The predicted octanol–water partition coefficient (Wildman–Crippen LogP) is 2.47. The molecular weight excluding hydrogens is 358 g/mol. The second-order valence-corrected chi connectivity index (χ2v) is 8.05. The number of hydrogen-bond acceptors (Lipinski definition) is 4. The molecule has 0 aliphatic carbocycles. The Morgan fingerprint density at radius 3 is 2.21 bits per heavy atom. The van der Waals surface area contributed by atoms with Gasteiger partial charge in [0, 0.05) is 45.6 Å². The molecule has 1 heterocycles. The molecule has 0 aromatic heterocycles. The molecule has 7 heteroatoms. The minimum absolute atomic E-state index is 0.0603. The van der Waals surface area contributed by atoms with Gasteiger partial charge < -0.3 is 19.9 Å². The lowest BCUT2D eigenvalue weighted by atomic mass is 10.1. The van der Waals surface area contributed by atoms with Crippen LogP contribution in [-0.4, -0.2) is 59.5 Å². The van der Waals surface area contributed by atoms with E-state index in [1.807, 2.05) is 52.0 Å². The molecular formula is C21H31N3O4. The highest BCUT2D eigenvalue weighted by Crippen LogP contribution is 2.12. The average molecular weight is 389 g/mol. The average Bonchev–Trinajstić information content (AvgIpc) is 2.64. The van der Waals surface area contributed by atoms with Crippen LogP contribution in [0.5, 0.6) is 0 Å². The van der Waals surface area contributed by atoms with Gasteiger partial charge in [0.15, 0.2) is 0 Å². The van der Waals surface area contributed by atoms with E-state index in [2.05, 4.69) is 5.32 Å². The summed E-state index contributed by atoms with van der Waals surface area (Å²) in [6, 6.07) is 7.88. The number of aryl methyl sites for hydroxylation is 1. The van der Waals surface area contributed by atoms with Crippen molar-refractivity contribution in [2.24, 2.45) is 0 Å². The zero-order chi connectivity index (χ0) is 20.7. The van der Waals surface area contributed by atoms with E-state index < -0.39 is 5.60 Å². The van der Waals surface area contributed by atoms with Crippen molar-refractivity contribution >= 4 is 17.9 Å². The molecule has 2 rings (SSSR count). The second kappa shape index (κ2) is 9.57. The van der Waals surface area contributed by atoms with Gasteiger partial charge in [-0.3, -0.25) is 9.59 Å². The van der Waals surface area contributed by atoms with Gasteiger partial charge in [0.1, 0.15) is 5.60 Å². The van der Waals surface area contributed by atoms with Gasteiger partial charge in [-0.25, -0.2) is 4.79 Å². The SMILES string of the molecule is Cc1ccccc1CNC(=O)CCC(=O)N1CCN(C(=O)OC(C)(C)C)CC1. The predicted molar refractivity (Wildman–Crippen MR) is 107 cm³/mol. The number of ether oxygens (including phenoxy) is 1. The third-order valence-corrected chi connectivity index (χ3v) is 4.59. The van der Waals surface area contributed by atoms with Gasteiger partial charge in [-0.2, -0.15) is 0 Å². The molecule has 28 heavy (non-hydrogen) atoms. The van der Waals surface area contributed by atoms with Gasteiger partial charge in [0.05, 0.1) is 0 Å². The van der Waals surface area contributed by atoms with E-state index >= 15 is 0 Å². The Bertz CT molecular complexity index is 704. The quantitative estimate of drug-likeness (QED) is 0.839. The van der Waals surface area contributed by atoms with E-state index in [0.717, 1.165) is 11.1 Å². The number of hydrogen-bond donors (Lipinski definition) is 1. The molecule has 154 valence electrons. The molecule has 0 bridgehead atoms. The number of nitrogens with zero attached hydrogens (tertiary/aromatic N) is 2. The lowest BCUT2D eigenvalue weighted by Crippen LogP contribution is -2.51. The summed E-state index contributed by atoms with van der Waals surface area (Å²) in [5.41, 5.74) is 1.66. The Morgan fingerprint density at radius 2 is 1.61 bits per heavy atom. The van der Waals surface area contributed by atoms with Crippen molar-refractivity contribution in [3.05, 3.63) is 35.4 Å². The minimum Gasteiger partial charge on any atom is -0.444 e. The maximum Gasteiger partial charge on any atom is 0.410 e. The normalized spacial score (nSPS) is 14.6. The van der Waals surface area contributed by atoms with E-state index in [4.69, 9.17) is 4.74 Å². The summed E-state index contributed by atoms with van der Waals surface area (Å²) >= 11 is 0. The first kappa shape index (κ1) is 21.7. The van der Waals surface area contributed by atoms with Crippen molar-refractivity contribution in [3.8, 4) is 0 Å². The van der Waals surface area contributed by atoms with Crippen LogP contribution in [0, 0.1) is 6.92 Å². The van der Waals surface area contributed by atoms with Crippen molar-refractivity contribution in [3.63, 3.8) is 0 Å². The van der Waals surface area contributed by atoms with E-state index in [1.165, 1.54) is 0 Å². The first-order valence-electron chi connectivity index (χ1n) is 9.72. The summed E-state index contributed by atoms with van der Waals surface area (Å²) in [6.07, 6.45) is -0.0153. The number of nitrogens with one attached hydrogen (secondary N) is 1. The first-order valence-corrected chi connectivity index (χ1v) is 9.72. The lowest BCUT2D eigenvalue weighted by Gasteiger charge is -2.35. The molecule has 7 nitrogen and oxygen atoms in total. The summed E-state index contributed by atoms with van der Waals surface area (Å²) in [5.74, 6) is -0.195. The Hall–Kier alpha value is -2.57. The number of rotatable bonds is 5. The Morgan fingerprint density at radius 1 is 1.00 bits per heavy atom. The number of carbonyl (C=O) groups is 3. The molecule has 1 aromatic carbocycles. The highest BCUT2D eigenvalue weighted by Gasteiger charge is 2.27. The third-order valence-electron chi connectivity index (χ3n) is 4.59. The molecule has 1 aliphatic heterocycles. The molecule has 0 unspecified atom stereocenters. The summed E-state index contributed by atoms with van der Waals surface area (Å²) in [6.45, 7) is 9.76. The maximum absolute atomic E-state index is 12.3. The largest absolute Gasteiger partial charge is 0.444 e. The number of piperazine rings is 1. The van der Waals surface area contributed by atoms with E-state index in [-0.39, 0.29) is 30.7 Å². The fourth-order valence-corrected chi connectivity index (χ4v) is 2.93. The molecule has 0 radical (unpaired) electrons. The molecule has 1 saturated heterocycles. The van der Waals surface area contributed by atoms with Crippen molar-refractivity contribution < 1.29 is 19.1 Å². The number of benzene rings is 1. The van der Waals surface area contributed by atoms with Crippen LogP contribution in [0.2, 0.25) is 0 Å². The highest BCUT2D eigenvalue weighted by molar-refractivity contribution is 5.84. The molecule has 1 N–H and O–H groups in total. The lowest BCUT2D eigenvalue weighted by molar-refractivity contribution is -0.135. The Balaban J connectivity index is 1.69. The minimum atomic E-state index is -0.532. The number of amides is 3. The van der Waals surface area contributed by atoms with Crippen LogP contribution >= 0.6 is 0 Å². The highest BCUT2D eigenvalue weighted by atomic mass is 16.6. The van der Waals surface area contributed by atoms with Crippen molar-refractivity contribution in [1.82, 2.24) is 15.1 Å². The Kier molecular flexibility index (Phi) is 7.43. The van der Waals surface area contributed by atoms with E-state index in [1.54, 1.807) is 9.80 Å². The van der Waals surface area contributed by atoms with Crippen LogP contribution in [0.1, 0.15) is 44.7 Å². The smallest absolute Gasteiger partial charge is 0.410 e. The topological polar surface area (TPSA) is 79.0 Å². The summed E-state index contributed by atoms with van der Waals surface area (Å²) in [7, 11) is 0. The zero-order valence-electron chi connectivity index (χ0n) is 17.3. The van der Waals surface area contributed by atoms with Crippen molar-refractivity contribution in [1.29, 1.82) is 0 Å². The van der Waals surface area contributed by atoms with Crippen molar-refractivity contribution in [2.45, 2.75) is 52.7 Å². The second-order valence-electron chi connectivity index (χ2n) is 8.05. The monoisotopic (exact) mass is 389 g/mol. The van der Waals surface area contributed by atoms with Crippen LogP contribution in [-0.2, 0) is 20.9 Å². The fourth-order valence-electron chi connectivity index (χ4n) is 2.93. The summed E-state index contributed by atoms with van der Waals surface area (Å²) in [4.78, 5) is 39.8. The standard InChI is InChI=1S/C21H31N3O4/c1-16-7-5-6-8-17(16)15-22-18(25)9-10-19(26)23-11-13-24(14-12-23)20(27)28-21(2,3)4/h5-8H,9-15H2,1-4H3,(H,22,25). The molecule has 3 amide bonds. The summed E-state index contributed by atoms with van der Waals surface area (Å²) < 4.78 is 5.35. The van der Waals surface area contributed by atoms with Gasteiger partial charge >= 0.3 is 6.09 Å². The van der Waals surface area contributed by atoms with Crippen LogP contribution in [0.3, 0.4) is 0 Å².